The lowest BCUT2D eigenvalue weighted by Gasteiger charge is -2.05. The minimum absolute atomic E-state index is 0.125. The average Bonchev–Trinajstić information content (AvgIpc) is 2.43. The van der Waals surface area contributed by atoms with Gasteiger partial charge in [-0.25, -0.2) is 0 Å². The lowest BCUT2D eigenvalue weighted by molar-refractivity contribution is -0.145. The maximum absolute atomic E-state index is 11.1. The predicted octanol–water partition coefficient (Wildman–Crippen LogP) is -0.366. The fourth-order valence-corrected chi connectivity index (χ4v) is 1.21. The molecule has 0 saturated carbocycles. The van der Waals surface area contributed by atoms with Gasteiger partial charge < -0.3 is 24.4 Å². The number of cyclic esters (lactones) is 2. The molecule has 0 aromatic carbocycles. The number of hydrogen-bond donors (Lipinski definition) is 2. The molecule has 19 heavy (non-hydrogen) atoms. The van der Waals surface area contributed by atoms with E-state index >= 15 is 0 Å². The highest BCUT2D eigenvalue weighted by Crippen LogP contribution is 2.03. The molecule has 0 aromatic rings. The van der Waals surface area contributed by atoms with Gasteiger partial charge in [0.15, 0.2) is 0 Å². The number of rotatable bonds is 1. The number of carbonyl (C=O) groups excluding carboxylic acids is 2. The highest BCUT2D eigenvalue weighted by atomic mass is 16.6. The zero-order chi connectivity index (χ0) is 14.3. The van der Waals surface area contributed by atoms with Gasteiger partial charge in [0.2, 0.25) is 0 Å². The summed E-state index contributed by atoms with van der Waals surface area (Å²) in [4.78, 5) is 22.1. The van der Waals surface area contributed by atoms with Crippen LogP contribution >= 0.6 is 0 Å². The van der Waals surface area contributed by atoms with Crippen molar-refractivity contribution >= 4 is 11.9 Å². The van der Waals surface area contributed by atoms with Gasteiger partial charge in [0.1, 0.15) is 13.2 Å². The first-order chi connectivity index (χ1) is 9.20. The molecule has 0 aromatic heterocycles. The smallest absolute Gasteiger partial charge is 0.305 e. The van der Waals surface area contributed by atoms with Crippen LogP contribution in [0.1, 0.15) is 25.7 Å². The van der Waals surface area contributed by atoms with Gasteiger partial charge >= 0.3 is 11.9 Å². The van der Waals surface area contributed by atoms with Crippen LogP contribution in [-0.4, -0.2) is 61.8 Å². The Labute approximate surface area is 112 Å². The fraction of sp³-hybridized carbons (Fsp3) is 0.833. The molecule has 0 radical (unpaired) electrons. The summed E-state index contributed by atoms with van der Waals surface area (Å²) in [6.07, 6.45) is 2.03. The minimum atomic E-state index is -0.230. The van der Waals surface area contributed by atoms with E-state index in [2.05, 4.69) is 0 Å². The molecule has 7 heteroatoms. The highest BCUT2D eigenvalue weighted by Gasteiger charge is 2.07. The molecule has 1 aliphatic heterocycles. The Hall–Kier alpha value is -1.18. The number of aliphatic hydroxyl groups excluding tert-OH is 2. The molecule has 1 fully saturated rings. The monoisotopic (exact) mass is 278 g/mol. The van der Waals surface area contributed by atoms with Gasteiger partial charge in [-0.05, 0) is 12.8 Å². The van der Waals surface area contributed by atoms with Crippen LogP contribution in [-0.2, 0) is 23.8 Å². The molecule has 0 aliphatic carbocycles. The van der Waals surface area contributed by atoms with Crippen LogP contribution in [0.2, 0.25) is 0 Å². The SMILES string of the molecule is O=C1CCCCC(=O)OCCOCCO1.OCCO. The Morgan fingerprint density at radius 1 is 0.789 bits per heavy atom. The Balaban J connectivity index is 0.000000711. The number of carbonyl (C=O) groups is 2. The molecule has 1 heterocycles. The van der Waals surface area contributed by atoms with Gasteiger partial charge in [0.25, 0.3) is 0 Å². The van der Waals surface area contributed by atoms with Crippen molar-refractivity contribution in [2.24, 2.45) is 0 Å². The van der Waals surface area contributed by atoms with Crippen molar-refractivity contribution in [3.63, 3.8) is 0 Å². The molecule has 112 valence electrons. The Bertz CT molecular complexity index is 218. The maximum Gasteiger partial charge on any atom is 0.305 e. The van der Waals surface area contributed by atoms with Crippen LogP contribution in [0.15, 0.2) is 0 Å². The number of aliphatic hydroxyl groups is 2. The van der Waals surface area contributed by atoms with E-state index in [0.717, 1.165) is 0 Å². The zero-order valence-electron chi connectivity index (χ0n) is 11.0. The first kappa shape index (κ1) is 17.8. The maximum atomic E-state index is 11.1. The van der Waals surface area contributed by atoms with Crippen molar-refractivity contribution in [1.82, 2.24) is 0 Å². The number of hydrogen-bond acceptors (Lipinski definition) is 7. The standard InChI is InChI=1S/C10H16O5.C2H6O2/c11-9-3-1-2-4-10(12)15-8-6-13-5-7-14-9;3-1-2-4/h1-8H2;3-4H,1-2H2. The third-order valence-electron chi connectivity index (χ3n) is 2.09. The van der Waals surface area contributed by atoms with Gasteiger partial charge in [-0.3, -0.25) is 9.59 Å². The van der Waals surface area contributed by atoms with E-state index in [1.54, 1.807) is 0 Å². The third-order valence-corrected chi connectivity index (χ3v) is 2.09. The van der Waals surface area contributed by atoms with E-state index in [-0.39, 0.29) is 38.4 Å². The molecule has 0 spiro atoms. The molecule has 1 rings (SSSR count). The molecule has 2 N–H and O–H groups in total. The number of ether oxygens (including phenoxy) is 3. The topological polar surface area (TPSA) is 102 Å². The van der Waals surface area contributed by atoms with Crippen LogP contribution in [0.3, 0.4) is 0 Å². The molecule has 7 nitrogen and oxygen atoms in total. The van der Waals surface area contributed by atoms with Crippen molar-refractivity contribution < 1.29 is 34.0 Å². The van der Waals surface area contributed by atoms with E-state index in [1.807, 2.05) is 0 Å². The van der Waals surface area contributed by atoms with Crippen LogP contribution < -0.4 is 0 Å². The van der Waals surface area contributed by atoms with Gasteiger partial charge in [-0.15, -0.1) is 0 Å². The molecule has 0 atom stereocenters. The number of esters is 2. The fourth-order valence-electron chi connectivity index (χ4n) is 1.21. The molecule has 0 bridgehead atoms. The first-order valence-corrected chi connectivity index (χ1v) is 6.31. The molecule has 0 unspecified atom stereocenters. The lowest BCUT2D eigenvalue weighted by Crippen LogP contribution is -2.13. The van der Waals surface area contributed by atoms with Crippen LogP contribution in [0.5, 0.6) is 0 Å². The summed E-state index contributed by atoms with van der Waals surface area (Å²) in [6, 6.07) is 0. The summed E-state index contributed by atoms with van der Waals surface area (Å²) in [7, 11) is 0. The highest BCUT2D eigenvalue weighted by molar-refractivity contribution is 5.70. The van der Waals surface area contributed by atoms with Crippen molar-refractivity contribution in [3.8, 4) is 0 Å². The lowest BCUT2D eigenvalue weighted by atomic mass is 10.2. The molecule has 1 aliphatic rings. The van der Waals surface area contributed by atoms with Crippen LogP contribution in [0.4, 0.5) is 0 Å². The summed E-state index contributed by atoms with van der Waals surface area (Å²) in [5.74, 6) is -0.461. The summed E-state index contributed by atoms with van der Waals surface area (Å²) in [6.45, 7) is 0.992. The Kier molecular flexibility index (Phi) is 12.4. The Morgan fingerprint density at radius 2 is 1.21 bits per heavy atom. The first-order valence-electron chi connectivity index (χ1n) is 6.31. The second-order valence-corrected chi connectivity index (χ2v) is 3.71. The molecular weight excluding hydrogens is 256 g/mol. The third kappa shape index (κ3) is 13.1. The summed E-state index contributed by atoms with van der Waals surface area (Å²) < 4.78 is 14.9. The van der Waals surface area contributed by atoms with Crippen LogP contribution in [0, 0.1) is 0 Å². The summed E-state index contributed by atoms with van der Waals surface area (Å²) in [5, 5.41) is 15.2. The van der Waals surface area contributed by atoms with Crippen molar-refractivity contribution in [3.05, 3.63) is 0 Å². The zero-order valence-corrected chi connectivity index (χ0v) is 11.0. The normalized spacial score (nSPS) is 18.6. The van der Waals surface area contributed by atoms with Gasteiger partial charge in [0, 0.05) is 12.8 Å². The van der Waals surface area contributed by atoms with E-state index in [0.29, 0.717) is 38.9 Å². The second-order valence-electron chi connectivity index (χ2n) is 3.71. The average molecular weight is 278 g/mol. The largest absolute Gasteiger partial charge is 0.463 e. The van der Waals surface area contributed by atoms with E-state index in [4.69, 9.17) is 24.4 Å². The second kappa shape index (κ2) is 13.3. The van der Waals surface area contributed by atoms with Gasteiger partial charge in [-0.1, -0.05) is 0 Å². The Morgan fingerprint density at radius 3 is 1.58 bits per heavy atom. The molecule has 1 saturated heterocycles. The van der Waals surface area contributed by atoms with Crippen molar-refractivity contribution in [2.75, 3.05) is 39.6 Å². The van der Waals surface area contributed by atoms with E-state index < -0.39 is 0 Å². The molecule has 0 amide bonds. The van der Waals surface area contributed by atoms with Crippen LogP contribution in [0.25, 0.3) is 0 Å². The summed E-state index contributed by atoms with van der Waals surface area (Å²) in [5.41, 5.74) is 0. The summed E-state index contributed by atoms with van der Waals surface area (Å²) >= 11 is 0. The molecular formula is C12H22O7. The van der Waals surface area contributed by atoms with E-state index in [9.17, 15) is 9.59 Å². The van der Waals surface area contributed by atoms with Gasteiger partial charge in [-0.2, -0.15) is 0 Å². The van der Waals surface area contributed by atoms with Crippen molar-refractivity contribution in [2.45, 2.75) is 25.7 Å². The van der Waals surface area contributed by atoms with Gasteiger partial charge in [0.05, 0.1) is 26.4 Å². The predicted molar refractivity (Wildman–Crippen MR) is 65.4 cm³/mol. The quantitative estimate of drug-likeness (QED) is 0.631. The van der Waals surface area contributed by atoms with E-state index in [1.165, 1.54) is 0 Å². The minimum Gasteiger partial charge on any atom is -0.463 e. The van der Waals surface area contributed by atoms with Crippen molar-refractivity contribution in [1.29, 1.82) is 0 Å².